The average molecular weight is 379 g/mol. The van der Waals surface area contributed by atoms with Crippen molar-refractivity contribution < 1.29 is 18.5 Å². The van der Waals surface area contributed by atoms with E-state index in [1.807, 2.05) is 12.1 Å². The van der Waals surface area contributed by atoms with E-state index in [1.54, 1.807) is 12.1 Å². The number of fused-ring (bicyclic) bond motifs is 1. The molecule has 0 saturated carbocycles. The van der Waals surface area contributed by atoms with Gasteiger partial charge in [0.2, 0.25) is 0 Å². The predicted molar refractivity (Wildman–Crippen MR) is 104 cm³/mol. The van der Waals surface area contributed by atoms with Crippen LogP contribution in [-0.2, 0) is 19.5 Å². The Morgan fingerprint density at radius 3 is 2.43 bits per heavy atom. The number of nitrogens with one attached hydrogen (secondary N) is 2. The van der Waals surface area contributed by atoms with E-state index in [9.17, 15) is 13.6 Å². The van der Waals surface area contributed by atoms with Crippen molar-refractivity contribution in [3.63, 3.8) is 0 Å². The van der Waals surface area contributed by atoms with Gasteiger partial charge in [0.15, 0.2) is 11.6 Å². The van der Waals surface area contributed by atoms with Crippen molar-refractivity contribution in [1.82, 2.24) is 0 Å². The number of anilines is 1. The Hall–Kier alpha value is -3.05. The van der Waals surface area contributed by atoms with Crippen molar-refractivity contribution in [3.8, 4) is 0 Å². The van der Waals surface area contributed by atoms with Gasteiger partial charge in [-0.25, -0.2) is 8.78 Å². The van der Waals surface area contributed by atoms with E-state index in [0.717, 1.165) is 38.2 Å². The summed E-state index contributed by atoms with van der Waals surface area (Å²) < 4.78 is 26.3. The molecular weight excluding hydrogens is 358 g/mol. The van der Waals surface area contributed by atoms with Gasteiger partial charge in [0.1, 0.15) is 13.1 Å². The largest absolute Gasteiger partial charge is 0.327 e. The molecule has 0 aromatic heterocycles. The van der Waals surface area contributed by atoms with Gasteiger partial charge in [0, 0.05) is 34.9 Å². The number of carbonyl (C=O) groups excluding carboxylic acids is 1. The summed E-state index contributed by atoms with van der Waals surface area (Å²) in [6.07, 6.45) is 1.08. The number of hydrogen-bond acceptors (Lipinski definition) is 1. The maximum atomic E-state index is 13.3. The molecule has 0 aliphatic carbocycles. The normalized spacial score (nSPS) is 15.7. The summed E-state index contributed by atoms with van der Waals surface area (Å²) in [4.78, 5) is 13.8. The fourth-order valence-electron chi connectivity index (χ4n) is 3.63. The topological polar surface area (TPSA) is 33.5 Å². The molecular formula is C23H21F2N2O+. The van der Waals surface area contributed by atoms with Crippen LogP contribution in [0.4, 0.5) is 14.5 Å². The molecule has 1 aliphatic rings. The summed E-state index contributed by atoms with van der Waals surface area (Å²) in [6, 6.07) is 19.3. The van der Waals surface area contributed by atoms with Gasteiger partial charge in [-0.1, -0.05) is 36.4 Å². The second kappa shape index (κ2) is 7.90. The van der Waals surface area contributed by atoms with Crippen molar-refractivity contribution >= 4 is 11.6 Å². The number of halogens is 2. The van der Waals surface area contributed by atoms with Crippen molar-refractivity contribution in [2.24, 2.45) is 0 Å². The van der Waals surface area contributed by atoms with Crippen LogP contribution in [0.15, 0.2) is 66.7 Å². The fourth-order valence-corrected chi connectivity index (χ4v) is 3.63. The molecule has 3 nitrogen and oxygen atoms in total. The molecule has 0 bridgehead atoms. The van der Waals surface area contributed by atoms with Crippen LogP contribution in [0.2, 0.25) is 0 Å². The first kappa shape index (κ1) is 18.3. The molecule has 5 heteroatoms. The van der Waals surface area contributed by atoms with Crippen LogP contribution < -0.4 is 10.2 Å². The molecule has 28 heavy (non-hydrogen) atoms. The first-order valence-electron chi connectivity index (χ1n) is 9.34. The highest BCUT2D eigenvalue weighted by Crippen LogP contribution is 2.15. The third-order valence-corrected chi connectivity index (χ3v) is 5.15. The molecule has 0 fully saturated rings. The Morgan fingerprint density at radius 1 is 0.929 bits per heavy atom. The number of amides is 1. The van der Waals surface area contributed by atoms with Gasteiger partial charge >= 0.3 is 0 Å². The highest BCUT2D eigenvalue weighted by atomic mass is 19.2. The molecule has 4 rings (SSSR count). The molecule has 1 unspecified atom stereocenters. The van der Waals surface area contributed by atoms with E-state index < -0.39 is 11.6 Å². The summed E-state index contributed by atoms with van der Waals surface area (Å²) in [5.74, 6) is -2.28. The molecule has 1 heterocycles. The van der Waals surface area contributed by atoms with Gasteiger partial charge in [-0.05, 0) is 29.8 Å². The average Bonchev–Trinajstić information content (AvgIpc) is 2.71. The highest BCUT2D eigenvalue weighted by molar-refractivity contribution is 6.04. The molecule has 1 aliphatic heterocycles. The van der Waals surface area contributed by atoms with E-state index in [1.165, 1.54) is 27.7 Å². The van der Waals surface area contributed by atoms with Crippen LogP contribution in [0.5, 0.6) is 0 Å². The van der Waals surface area contributed by atoms with Crippen molar-refractivity contribution in [2.45, 2.75) is 19.5 Å². The predicted octanol–water partition coefficient (Wildman–Crippen LogP) is 3.36. The molecule has 3 aromatic rings. The maximum absolute atomic E-state index is 13.3. The third kappa shape index (κ3) is 4.10. The van der Waals surface area contributed by atoms with E-state index in [4.69, 9.17) is 0 Å². The lowest BCUT2D eigenvalue weighted by Crippen LogP contribution is -3.10. The fraction of sp³-hybridized carbons (Fsp3) is 0.174. The molecule has 3 aromatic carbocycles. The van der Waals surface area contributed by atoms with Gasteiger partial charge in [0.05, 0.1) is 6.54 Å². The number of quaternary nitrogens is 1. The lowest BCUT2D eigenvalue weighted by Gasteiger charge is -2.26. The highest BCUT2D eigenvalue weighted by Gasteiger charge is 2.19. The maximum Gasteiger partial charge on any atom is 0.255 e. The zero-order valence-electron chi connectivity index (χ0n) is 15.3. The van der Waals surface area contributed by atoms with Gasteiger partial charge in [-0.3, -0.25) is 4.79 Å². The number of rotatable bonds is 4. The van der Waals surface area contributed by atoms with Crippen molar-refractivity contribution in [1.29, 1.82) is 0 Å². The number of hydrogen-bond donors (Lipinski definition) is 2. The van der Waals surface area contributed by atoms with E-state index in [2.05, 4.69) is 29.6 Å². The monoisotopic (exact) mass is 379 g/mol. The van der Waals surface area contributed by atoms with E-state index in [-0.39, 0.29) is 11.6 Å². The SMILES string of the molecule is O=C(Nc1ccc(F)c(F)c1)c1ccc(C[NH+]2CCc3ccccc3C2)cc1. The summed E-state index contributed by atoms with van der Waals surface area (Å²) in [5.41, 5.74) is 4.72. The van der Waals surface area contributed by atoms with Crippen molar-refractivity contribution in [2.75, 3.05) is 11.9 Å². The lowest BCUT2D eigenvalue weighted by molar-refractivity contribution is -0.929. The molecule has 0 spiro atoms. The van der Waals surface area contributed by atoms with Crippen LogP contribution in [0.3, 0.4) is 0 Å². The molecule has 0 radical (unpaired) electrons. The molecule has 1 atom stereocenters. The Labute approximate surface area is 162 Å². The first-order chi connectivity index (χ1) is 13.6. The molecule has 142 valence electrons. The molecule has 2 N–H and O–H groups in total. The Bertz CT molecular complexity index is 1000. The van der Waals surface area contributed by atoms with Gasteiger partial charge in [-0.15, -0.1) is 0 Å². The molecule has 0 saturated heterocycles. The van der Waals surface area contributed by atoms with Crippen LogP contribution in [0.25, 0.3) is 0 Å². The van der Waals surface area contributed by atoms with Gasteiger partial charge in [0.25, 0.3) is 5.91 Å². The lowest BCUT2D eigenvalue weighted by atomic mass is 9.99. The third-order valence-electron chi connectivity index (χ3n) is 5.15. The van der Waals surface area contributed by atoms with Gasteiger partial charge < -0.3 is 10.2 Å². The van der Waals surface area contributed by atoms with Crippen LogP contribution in [0.1, 0.15) is 27.0 Å². The summed E-state index contributed by atoms with van der Waals surface area (Å²) in [6.45, 7) is 3.00. The van der Waals surface area contributed by atoms with Gasteiger partial charge in [-0.2, -0.15) is 0 Å². The first-order valence-corrected chi connectivity index (χ1v) is 9.34. The zero-order valence-corrected chi connectivity index (χ0v) is 15.3. The summed E-state index contributed by atoms with van der Waals surface area (Å²) >= 11 is 0. The summed E-state index contributed by atoms with van der Waals surface area (Å²) in [5, 5.41) is 2.59. The second-order valence-electron chi connectivity index (χ2n) is 7.15. The van der Waals surface area contributed by atoms with E-state index in [0.29, 0.717) is 5.56 Å². The van der Waals surface area contributed by atoms with Crippen LogP contribution >= 0.6 is 0 Å². The second-order valence-corrected chi connectivity index (χ2v) is 7.15. The van der Waals surface area contributed by atoms with Crippen molar-refractivity contribution in [3.05, 3.63) is 101 Å². The standard InChI is InChI=1S/C23H20F2N2O/c24-21-10-9-20(13-22(21)25)26-23(28)18-7-5-16(6-8-18)14-27-12-11-17-3-1-2-4-19(17)15-27/h1-10,13H,11-12,14-15H2,(H,26,28)/p+1. The smallest absolute Gasteiger partial charge is 0.255 e. The molecule has 1 amide bonds. The van der Waals surface area contributed by atoms with E-state index >= 15 is 0 Å². The Morgan fingerprint density at radius 2 is 1.68 bits per heavy atom. The minimum absolute atomic E-state index is 0.226. The quantitative estimate of drug-likeness (QED) is 0.716. The number of benzene rings is 3. The number of carbonyl (C=O) groups is 1. The summed E-state index contributed by atoms with van der Waals surface area (Å²) in [7, 11) is 0. The Balaban J connectivity index is 1.38. The van der Waals surface area contributed by atoms with Crippen LogP contribution in [-0.4, -0.2) is 12.5 Å². The minimum atomic E-state index is -0.987. The Kier molecular flexibility index (Phi) is 5.17. The van der Waals surface area contributed by atoms with Crippen LogP contribution in [0, 0.1) is 11.6 Å². The minimum Gasteiger partial charge on any atom is -0.327 e. The zero-order chi connectivity index (χ0) is 19.5.